The standard InChI is InChI=1S/C25H16Cl2F4N6O2/c1-39-15-7-4-6-13(9-15)18-10-19(25(29,30)31)37-23(32-18)20(27)21(34-37)24(38)33-22-16(26)12-36(35-22)11-14-5-2-3-8-17(14)28/h2-10,12H,11H2,1H3,(H,33,35,38). The Balaban J connectivity index is 1.51. The van der Waals surface area contributed by atoms with E-state index in [1.165, 1.54) is 36.2 Å². The SMILES string of the molecule is COc1cccc(-c2cc(C(F)(F)F)n3nc(C(=O)Nc4nn(Cc5ccccc5F)cc4Cl)c(Cl)c3n2)c1. The topological polar surface area (TPSA) is 86.3 Å². The molecule has 39 heavy (non-hydrogen) atoms. The van der Waals surface area contributed by atoms with E-state index in [0.29, 0.717) is 21.4 Å². The highest BCUT2D eigenvalue weighted by Crippen LogP contribution is 2.35. The van der Waals surface area contributed by atoms with Crippen molar-refractivity contribution in [1.82, 2.24) is 24.4 Å². The number of ether oxygens (including phenoxy) is 1. The van der Waals surface area contributed by atoms with Crippen molar-refractivity contribution in [3.8, 4) is 17.0 Å². The van der Waals surface area contributed by atoms with E-state index in [4.69, 9.17) is 27.9 Å². The molecule has 0 fully saturated rings. The molecule has 5 rings (SSSR count). The van der Waals surface area contributed by atoms with Gasteiger partial charge in [-0.25, -0.2) is 13.9 Å². The number of halogens is 6. The number of hydrogen-bond acceptors (Lipinski definition) is 5. The van der Waals surface area contributed by atoms with Crippen molar-refractivity contribution in [3.05, 3.63) is 93.6 Å². The summed E-state index contributed by atoms with van der Waals surface area (Å²) >= 11 is 12.5. The summed E-state index contributed by atoms with van der Waals surface area (Å²) in [5, 5.41) is 9.90. The largest absolute Gasteiger partial charge is 0.497 e. The number of methoxy groups -OCH3 is 1. The van der Waals surface area contributed by atoms with E-state index in [1.807, 2.05) is 0 Å². The minimum atomic E-state index is -4.85. The van der Waals surface area contributed by atoms with Crippen molar-refractivity contribution in [1.29, 1.82) is 0 Å². The molecule has 5 aromatic rings. The van der Waals surface area contributed by atoms with Crippen molar-refractivity contribution in [2.45, 2.75) is 12.7 Å². The maximum Gasteiger partial charge on any atom is 0.433 e. The summed E-state index contributed by atoms with van der Waals surface area (Å²) in [6, 6.07) is 13.1. The third-order valence-corrected chi connectivity index (χ3v) is 6.27. The van der Waals surface area contributed by atoms with Gasteiger partial charge in [-0.05, 0) is 24.3 Å². The zero-order valence-electron chi connectivity index (χ0n) is 19.8. The lowest BCUT2D eigenvalue weighted by molar-refractivity contribution is -0.142. The van der Waals surface area contributed by atoms with Crippen molar-refractivity contribution in [2.24, 2.45) is 0 Å². The van der Waals surface area contributed by atoms with Gasteiger partial charge in [0, 0.05) is 17.3 Å². The summed E-state index contributed by atoms with van der Waals surface area (Å²) in [4.78, 5) is 17.2. The monoisotopic (exact) mass is 578 g/mol. The van der Waals surface area contributed by atoms with Gasteiger partial charge >= 0.3 is 6.18 Å². The average Bonchev–Trinajstić information content (AvgIpc) is 3.42. The Morgan fingerprint density at radius 3 is 2.56 bits per heavy atom. The van der Waals surface area contributed by atoms with Crippen LogP contribution in [0.3, 0.4) is 0 Å². The molecule has 2 aromatic carbocycles. The molecule has 0 spiro atoms. The van der Waals surface area contributed by atoms with Crippen LogP contribution in [0.4, 0.5) is 23.4 Å². The fourth-order valence-electron chi connectivity index (χ4n) is 3.80. The number of carbonyl (C=O) groups excluding carboxylic acids is 1. The van der Waals surface area contributed by atoms with Crippen LogP contribution in [0, 0.1) is 5.82 Å². The molecule has 8 nitrogen and oxygen atoms in total. The molecule has 0 bridgehead atoms. The molecule has 1 N–H and O–H groups in total. The molecule has 0 unspecified atom stereocenters. The lowest BCUT2D eigenvalue weighted by Crippen LogP contribution is -2.16. The lowest BCUT2D eigenvalue weighted by Gasteiger charge is -2.11. The number of nitrogens with zero attached hydrogens (tertiary/aromatic N) is 5. The van der Waals surface area contributed by atoms with Gasteiger partial charge in [0.1, 0.15) is 21.6 Å². The minimum Gasteiger partial charge on any atom is -0.497 e. The Hall–Kier alpha value is -4.16. The van der Waals surface area contributed by atoms with E-state index in [2.05, 4.69) is 20.5 Å². The molecule has 0 atom stereocenters. The zero-order chi connectivity index (χ0) is 27.9. The predicted octanol–water partition coefficient (Wildman–Crippen LogP) is 6.37. The summed E-state index contributed by atoms with van der Waals surface area (Å²) in [6.45, 7) is 0.0172. The quantitative estimate of drug-likeness (QED) is 0.237. The van der Waals surface area contributed by atoms with Crippen molar-refractivity contribution < 1.29 is 27.1 Å². The van der Waals surface area contributed by atoms with E-state index in [1.54, 1.807) is 30.3 Å². The Morgan fingerprint density at radius 1 is 1.08 bits per heavy atom. The first-order valence-corrected chi connectivity index (χ1v) is 11.9. The highest BCUT2D eigenvalue weighted by atomic mass is 35.5. The van der Waals surface area contributed by atoms with E-state index < -0.39 is 34.3 Å². The van der Waals surface area contributed by atoms with E-state index in [9.17, 15) is 22.4 Å². The Bertz CT molecular complexity index is 1720. The van der Waals surface area contributed by atoms with Gasteiger partial charge in [0.2, 0.25) is 0 Å². The van der Waals surface area contributed by atoms with Gasteiger partial charge < -0.3 is 10.1 Å². The van der Waals surface area contributed by atoms with Crippen LogP contribution in [0.2, 0.25) is 10.0 Å². The number of amides is 1. The number of benzene rings is 2. The highest BCUT2D eigenvalue weighted by Gasteiger charge is 2.37. The number of alkyl halides is 3. The van der Waals surface area contributed by atoms with Crippen LogP contribution in [0.15, 0.2) is 60.8 Å². The van der Waals surface area contributed by atoms with Gasteiger partial charge in [0.05, 0.1) is 19.3 Å². The maximum absolute atomic E-state index is 14.0. The third-order valence-electron chi connectivity index (χ3n) is 5.64. The van der Waals surface area contributed by atoms with Crippen LogP contribution in [0.5, 0.6) is 5.75 Å². The van der Waals surface area contributed by atoms with Crippen LogP contribution < -0.4 is 10.1 Å². The van der Waals surface area contributed by atoms with E-state index >= 15 is 0 Å². The molecule has 3 aromatic heterocycles. The van der Waals surface area contributed by atoms with Gasteiger partial charge in [-0.15, -0.1) is 0 Å². The molecule has 3 heterocycles. The molecule has 14 heteroatoms. The third kappa shape index (κ3) is 5.25. The summed E-state index contributed by atoms with van der Waals surface area (Å²) in [5.41, 5.74) is -1.51. The predicted molar refractivity (Wildman–Crippen MR) is 136 cm³/mol. The summed E-state index contributed by atoms with van der Waals surface area (Å²) in [6.07, 6.45) is -3.49. The first kappa shape index (κ1) is 26.4. The van der Waals surface area contributed by atoms with Gasteiger partial charge in [-0.3, -0.25) is 9.48 Å². The van der Waals surface area contributed by atoms with Gasteiger partial charge in [-0.1, -0.05) is 53.5 Å². The average molecular weight is 579 g/mol. The minimum absolute atomic E-state index is 0.00833. The molecule has 0 radical (unpaired) electrons. The molecule has 0 aliphatic carbocycles. The van der Waals surface area contributed by atoms with Crippen molar-refractivity contribution in [3.63, 3.8) is 0 Å². The molecule has 0 aliphatic rings. The van der Waals surface area contributed by atoms with Crippen LogP contribution in [-0.4, -0.2) is 37.4 Å². The van der Waals surface area contributed by atoms with Crippen LogP contribution in [-0.2, 0) is 12.7 Å². The number of anilines is 1. The summed E-state index contributed by atoms with van der Waals surface area (Å²) in [5.74, 6) is -1.13. The Morgan fingerprint density at radius 2 is 1.85 bits per heavy atom. The number of rotatable bonds is 6. The first-order chi connectivity index (χ1) is 18.5. The van der Waals surface area contributed by atoms with E-state index in [0.717, 1.165) is 6.07 Å². The number of aromatic nitrogens is 5. The molecular formula is C25H16Cl2F4N6O2. The second-order valence-corrected chi connectivity index (χ2v) is 9.01. The smallest absolute Gasteiger partial charge is 0.433 e. The molecule has 0 saturated carbocycles. The van der Waals surface area contributed by atoms with Gasteiger partial charge in [0.25, 0.3) is 5.91 Å². The number of nitrogens with one attached hydrogen (secondary N) is 1. The summed E-state index contributed by atoms with van der Waals surface area (Å²) < 4.78 is 62.9. The number of fused-ring (bicyclic) bond motifs is 1. The number of hydrogen-bond donors (Lipinski definition) is 1. The highest BCUT2D eigenvalue weighted by molar-refractivity contribution is 6.37. The second-order valence-electron chi connectivity index (χ2n) is 8.22. The Labute approximate surface area is 227 Å². The second kappa shape index (κ2) is 10.2. The zero-order valence-corrected chi connectivity index (χ0v) is 21.3. The summed E-state index contributed by atoms with van der Waals surface area (Å²) in [7, 11) is 1.42. The van der Waals surface area contributed by atoms with Gasteiger partial charge in [-0.2, -0.15) is 23.4 Å². The van der Waals surface area contributed by atoms with Crippen molar-refractivity contribution >= 4 is 40.6 Å². The lowest BCUT2D eigenvalue weighted by atomic mass is 10.1. The number of carbonyl (C=O) groups is 1. The Kier molecular flexibility index (Phi) is 6.91. The van der Waals surface area contributed by atoms with Crippen molar-refractivity contribution in [2.75, 3.05) is 12.4 Å². The molecule has 0 saturated heterocycles. The van der Waals surface area contributed by atoms with Crippen LogP contribution >= 0.6 is 23.2 Å². The fourth-order valence-corrected chi connectivity index (χ4v) is 4.24. The maximum atomic E-state index is 14.0. The molecule has 1 amide bonds. The molecular weight excluding hydrogens is 563 g/mol. The first-order valence-electron chi connectivity index (χ1n) is 11.1. The van der Waals surface area contributed by atoms with Gasteiger partial charge in [0.15, 0.2) is 22.9 Å². The molecule has 0 aliphatic heterocycles. The fraction of sp³-hybridized carbons (Fsp3) is 0.120. The molecule has 200 valence electrons. The van der Waals surface area contributed by atoms with Crippen LogP contribution in [0.25, 0.3) is 16.9 Å². The van der Waals surface area contributed by atoms with Crippen LogP contribution in [0.1, 0.15) is 21.7 Å². The normalized spacial score (nSPS) is 11.7. The van der Waals surface area contributed by atoms with E-state index in [-0.39, 0.29) is 28.7 Å².